The minimum Gasteiger partial charge on any atom is -0.494 e. The van der Waals surface area contributed by atoms with Gasteiger partial charge in [0.1, 0.15) is 12.9 Å². The van der Waals surface area contributed by atoms with Crippen LogP contribution in [-0.2, 0) is 6.61 Å². The molecule has 2 rings (SSSR count). The number of halogens is 1. The molecule has 0 heterocycles. The Kier molecular flexibility index (Phi) is 4.77. The lowest BCUT2D eigenvalue weighted by Gasteiger charge is -2.11. The van der Waals surface area contributed by atoms with Crippen LogP contribution >= 0.6 is 0 Å². The van der Waals surface area contributed by atoms with Crippen LogP contribution in [0.5, 0.6) is 17.2 Å². The number of ether oxygens (including phenoxy) is 3. The Morgan fingerprint density at radius 3 is 2.33 bits per heavy atom. The zero-order chi connectivity index (χ0) is 15.2. The van der Waals surface area contributed by atoms with E-state index in [-0.39, 0.29) is 12.4 Å². The van der Waals surface area contributed by atoms with Crippen molar-refractivity contribution in [3.05, 3.63) is 53.3 Å². The van der Waals surface area contributed by atoms with E-state index in [1.807, 2.05) is 0 Å². The summed E-state index contributed by atoms with van der Waals surface area (Å²) in [6.07, 6.45) is 0.727. The second-order valence-corrected chi connectivity index (χ2v) is 4.29. The lowest BCUT2D eigenvalue weighted by Crippen LogP contribution is -1.99. The van der Waals surface area contributed by atoms with Crippen molar-refractivity contribution in [2.75, 3.05) is 14.2 Å². The molecule has 0 N–H and O–H groups in total. The predicted octanol–water partition coefficient (Wildman–Crippen LogP) is 3.23. The van der Waals surface area contributed by atoms with Gasteiger partial charge in [0.15, 0.2) is 23.1 Å². The SMILES string of the molecule is COc1ccc(COc2ccc(C=O)cc2OC)cc1F. The molecule has 4 nitrogen and oxygen atoms in total. The number of benzene rings is 2. The van der Waals surface area contributed by atoms with Gasteiger partial charge in [0.25, 0.3) is 0 Å². The van der Waals surface area contributed by atoms with Crippen LogP contribution in [0.1, 0.15) is 15.9 Å². The highest BCUT2D eigenvalue weighted by molar-refractivity contribution is 5.76. The van der Waals surface area contributed by atoms with Crippen LogP contribution in [0.2, 0.25) is 0 Å². The fourth-order valence-electron chi connectivity index (χ4n) is 1.84. The minimum absolute atomic E-state index is 0.178. The number of carbonyl (C=O) groups excluding carboxylic acids is 1. The first-order valence-electron chi connectivity index (χ1n) is 6.26. The summed E-state index contributed by atoms with van der Waals surface area (Å²) in [5.74, 6) is 0.682. The number of hydrogen-bond acceptors (Lipinski definition) is 4. The van der Waals surface area contributed by atoms with Gasteiger partial charge in [0, 0.05) is 5.56 Å². The van der Waals surface area contributed by atoms with Crippen molar-refractivity contribution in [1.82, 2.24) is 0 Å². The molecule has 0 aliphatic heterocycles. The van der Waals surface area contributed by atoms with E-state index in [0.29, 0.717) is 22.6 Å². The number of methoxy groups -OCH3 is 2. The summed E-state index contributed by atoms with van der Waals surface area (Å²) in [5, 5.41) is 0. The molecule has 0 radical (unpaired) electrons. The first-order chi connectivity index (χ1) is 10.2. The maximum absolute atomic E-state index is 13.6. The molecule has 0 aliphatic rings. The van der Waals surface area contributed by atoms with Crippen molar-refractivity contribution in [1.29, 1.82) is 0 Å². The number of carbonyl (C=O) groups is 1. The van der Waals surface area contributed by atoms with Crippen molar-refractivity contribution in [2.24, 2.45) is 0 Å². The zero-order valence-electron chi connectivity index (χ0n) is 11.8. The summed E-state index contributed by atoms with van der Waals surface area (Å²) >= 11 is 0. The van der Waals surface area contributed by atoms with E-state index in [9.17, 15) is 9.18 Å². The van der Waals surface area contributed by atoms with Crippen LogP contribution in [0.25, 0.3) is 0 Å². The fourth-order valence-corrected chi connectivity index (χ4v) is 1.84. The predicted molar refractivity (Wildman–Crippen MR) is 75.7 cm³/mol. The molecule has 0 saturated heterocycles. The Hall–Kier alpha value is -2.56. The van der Waals surface area contributed by atoms with Gasteiger partial charge in [-0.15, -0.1) is 0 Å². The fraction of sp³-hybridized carbons (Fsp3) is 0.188. The maximum Gasteiger partial charge on any atom is 0.165 e. The summed E-state index contributed by atoms with van der Waals surface area (Å²) in [6.45, 7) is 0.178. The first-order valence-corrected chi connectivity index (χ1v) is 6.26. The van der Waals surface area contributed by atoms with E-state index in [4.69, 9.17) is 14.2 Å². The lowest BCUT2D eigenvalue weighted by atomic mass is 10.2. The van der Waals surface area contributed by atoms with E-state index >= 15 is 0 Å². The van der Waals surface area contributed by atoms with Gasteiger partial charge in [-0.25, -0.2) is 4.39 Å². The molecule has 0 aromatic heterocycles. The molecular weight excluding hydrogens is 275 g/mol. The van der Waals surface area contributed by atoms with Crippen LogP contribution in [0, 0.1) is 5.82 Å². The van der Waals surface area contributed by atoms with Crippen LogP contribution in [0.15, 0.2) is 36.4 Å². The molecule has 21 heavy (non-hydrogen) atoms. The molecule has 0 unspecified atom stereocenters. The van der Waals surface area contributed by atoms with E-state index < -0.39 is 5.82 Å². The normalized spacial score (nSPS) is 10.0. The Morgan fingerprint density at radius 2 is 1.71 bits per heavy atom. The van der Waals surface area contributed by atoms with Gasteiger partial charge >= 0.3 is 0 Å². The topological polar surface area (TPSA) is 44.8 Å². The van der Waals surface area contributed by atoms with E-state index in [2.05, 4.69) is 0 Å². The molecule has 0 spiro atoms. The van der Waals surface area contributed by atoms with Crippen molar-refractivity contribution >= 4 is 6.29 Å². The second-order valence-electron chi connectivity index (χ2n) is 4.29. The van der Waals surface area contributed by atoms with E-state index in [1.165, 1.54) is 20.3 Å². The molecule has 110 valence electrons. The molecule has 0 fully saturated rings. The molecule has 5 heteroatoms. The highest BCUT2D eigenvalue weighted by atomic mass is 19.1. The number of aldehydes is 1. The van der Waals surface area contributed by atoms with Gasteiger partial charge < -0.3 is 14.2 Å². The summed E-state index contributed by atoms with van der Waals surface area (Å²) in [7, 11) is 2.90. The van der Waals surface area contributed by atoms with Crippen LogP contribution in [0.3, 0.4) is 0 Å². The van der Waals surface area contributed by atoms with Crippen LogP contribution < -0.4 is 14.2 Å². The first kappa shape index (κ1) is 14.8. The highest BCUT2D eigenvalue weighted by Crippen LogP contribution is 2.28. The summed E-state index contributed by atoms with van der Waals surface area (Å²) in [6, 6.07) is 9.46. The standard InChI is InChI=1S/C16H15FO4/c1-19-14-5-4-12(7-13(14)17)10-21-15-6-3-11(9-18)8-16(15)20-2/h3-9H,10H2,1-2H3. The number of rotatable bonds is 6. The van der Waals surface area contributed by atoms with Crippen molar-refractivity contribution in [3.8, 4) is 17.2 Å². The Labute approximate surface area is 122 Å². The molecule has 2 aromatic carbocycles. The maximum atomic E-state index is 13.6. The summed E-state index contributed by atoms with van der Waals surface area (Å²) in [5.41, 5.74) is 1.16. The molecule has 0 atom stereocenters. The molecule has 2 aromatic rings. The zero-order valence-corrected chi connectivity index (χ0v) is 11.8. The monoisotopic (exact) mass is 290 g/mol. The largest absolute Gasteiger partial charge is 0.494 e. The number of hydrogen-bond donors (Lipinski definition) is 0. The Bertz CT molecular complexity index is 640. The third-order valence-corrected chi connectivity index (χ3v) is 2.93. The molecule has 0 bridgehead atoms. The average molecular weight is 290 g/mol. The smallest absolute Gasteiger partial charge is 0.165 e. The third-order valence-electron chi connectivity index (χ3n) is 2.93. The average Bonchev–Trinajstić information content (AvgIpc) is 2.52. The van der Waals surface area contributed by atoms with E-state index in [0.717, 1.165) is 6.29 Å². The molecule has 0 aliphatic carbocycles. The van der Waals surface area contributed by atoms with Gasteiger partial charge in [0.05, 0.1) is 14.2 Å². The van der Waals surface area contributed by atoms with Gasteiger partial charge in [0.2, 0.25) is 0 Å². The summed E-state index contributed by atoms with van der Waals surface area (Å²) < 4.78 is 29.2. The Morgan fingerprint density at radius 1 is 1.00 bits per heavy atom. The van der Waals surface area contributed by atoms with Crippen molar-refractivity contribution in [3.63, 3.8) is 0 Å². The highest BCUT2D eigenvalue weighted by Gasteiger charge is 2.08. The lowest BCUT2D eigenvalue weighted by molar-refractivity contribution is 0.112. The van der Waals surface area contributed by atoms with Gasteiger partial charge in [-0.05, 0) is 35.9 Å². The van der Waals surface area contributed by atoms with E-state index in [1.54, 1.807) is 30.3 Å². The van der Waals surface area contributed by atoms with Crippen LogP contribution in [0.4, 0.5) is 4.39 Å². The molecule has 0 saturated carbocycles. The molecule has 0 amide bonds. The van der Waals surface area contributed by atoms with Gasteiger partial charge in [-0.1, -0.05) is 6.07 Å². The second kappa shape index (κ2) is 6.74. The van der Waals surface area contributed by atoms with Gasteiger partial charge in [-0.2, -0.15) is 0 Å². The van der Waals surface area contributed by atoms with Crippen molar-refractivity contribution in [2.45, 2.75) is 6.61 Å². The minimum atomic E-state index is -0.443. The summed E-state index contributed by atoms with van der Waals surface area (Å²) in [4.78, 5) is 10.7. The third kappa shape index (κ3) is 3.51. The van der Waals surface area contributed by atoms with Gasteiger partial charge in [-0.3, -0.25) is 4.79 Å². The Balaban J connectivity index is 2.12. The quantitative estimate of drug-likeness (QED) is 0.766. The van der Waals surface area contributed by atoms with Crippen LogP contribution in [-0.4, -0.2) is 20.5 Å². The van der Waals surface area contributed by atoms with Crippen molar-refractivity contribution < 1.29 is 23.4 Å². The molecular formula is C16H15FO4.